The number of rotatable bonds is 3. The van der Waals surface area contributed by atoms with Crippen LogP contribution in [0.2, 0.25) is 0 Å². The first-order valence-corrected chi connectivity index (χ1v) is 7.74. The number of aryl methyl sites for hydroxylation is 1. The number of amides is 1. The minimum atomic E-state index is -3.88. The van der Waals surface area contributed by atoms with Crippen LogP contribution in [-0.2, 0) is 14.8 Å². The number of benzene rings is 1. The van der Waals surface area contributed by atoms with E-state index in [9.17, 15) is 13.2 Å². The Kier molecular flexibility index (Phi) is 3.85. The lowest BCUT2D eigenvalue weighted by molar-refractivity contribution is 0.0525. The quantitative estimate of drug-likeness (QED) is 0.804. The number of carbonyl (C=O) groups is 1. The first-order chi connectivity index (χ1) is 9.36. The molecule has 0 aromatic heterocycles. The Morgan fingerprint density at radius 1 is 1.35 bits per heavy atom. The minimum Gasteiger partial charge on any atom is -0.441 e. The molecule has 1 aromatic rings. The van der Waals surface area contributed by atoms with Crippen LogP contribution < -0.4 is 0 Å². The van der Waals surface area contributed by atoms with Crippen molar-refractivity contribution >= 4 is 16.1 Å². The van der Waals surface area contributed by atoms with E-state index >= 15 is 0 Å². The third-order valence-corrected chi connectivity index (χ3v) is 5.14. The standard InChI is InChI=1S/C14H17NO4S/c1-4-12-9-11(3)15(14(16)19-12)20(17,18)13-7-5-10(2)6-8-13/h4-8,11-12H,1,9H2,2-3H3/t11-,12+/m1/s1. The Balaban J connectivity index is 2.36. The Morgan fingerprint density at radius 2 is 1.95 bits per heavy atom. The van der Waals surface area contributed by atoms with Gasteiger partial charge in [-0.15, -0.1) is 0 Å². The highest BCUT2D eigenvalue weighted by Gasteiger charge is 2.40. The largest absolute Gasteiger partial charge is 0.441 e. The molecule has 1 amide bonds. The lowest BCUT2D eigenvalue weighted by atomic mass is 10.1. The first kappa shape index (κ1) is 14.6. The van der Waals surface area contributed by atoms with Crippen molar-refractivity contribution in [1.82, 2.24) is 4.31 Å². The van der Waals surface area contributed by atoms with E-state index in [0.717, 1.165) is 9.87 Å². The summed E-state index contributed by atoms with van der Waals surface area (Å²) in [4.78, 5) is 12.0. The van der Waals surface area contributed by atoms with Gasteiger partial charge in [-0.1, -0.05) is 30.4 Å². The van der Waals surface area contributed by atoms with Gasteiger partial charge in [0.2, 0.25) is 0 Å². The molecule has 1 heterocycles. The second-order valence-corrected chi connectivity index (χ2v) is 6.67. The smallest absolute Gasteiger partial charge is 0.424 e. The first-order valence-electron chi connectivity index (χ1n) is 6.30. The topological polar surface area (TPSA) is 63.7 Å². The summed E-state index contributed by atoms with van der Waals surface area (Å²) in [5, 5.41) is 0. The van der Waals surface area contributed by atoms with Gasteiger partial charge in [0, 0.05) is 6.42 Å². The summed E-state index contributed by atoms with van der Waals surface area (Å²) in [5.41, 5.74) is 0.949. The molecule has 0 radical (unpaired) electrons. The second kappa shape index (κ2) is 5.28. The molecule has 20 heavy (non-hydrogen) atoms. The van der Waals surface area contributed by atoms with Crippen molar-refractivity contribution in [3.05, 3.63) is 42.5 Å². The van der Waals surface area contributed by atoms with Crippen molar-refractivity contribution in [1.29, 1.82) is 0 Å². The van der Waals surface area contributed by atoms with Crippen LogP contribution in [0.15, 0.2) is 41.8 Å². The summed E-state index contributed by atoms with van der Waals surface area (Å²) in [5.74, 6) is 0. The van der Waals surface area contributed by atoms with Crippen molar-refractivity contribution in [2.24, 2.45) is 0 Å². The molecule has 1 fully saturated rings. The minimum absolute atomic E-state index is 0.0870. The van der Waals surface area contributed by atoms with Gasteiger partial charge in [0.15, 0.2) is 0 Å². The second-order valence-electron chi connectivity index (χ2n) is 4.86. The van der Waals surface area contributed by atoms with Gasteiger partial charge in [0.05, 0.1) is 10.9 Å². The number of hydrogen-bond acceptors (Lipinski definition) is 4. The molecule has 5 nitrogen and oxygen atoms in total. The van der Waals surface area contributed by atoms with Crippen LogP contribution in [0.5, 0.6) is 0 Å². The number of hydrogen-bond donors (Lipinski definition) is 0. The van der Waals surface area contributed by atoms with E-state index in [1.165, 1.54) is 18.2 Å². The highest BCUT2D eigenvalue weighted by molar-refractivity contribution is 7.89. The molecule has 0 unspecified atom stereocenters. The zero-order chi connectivity index (χ0) is 14.9. The lowest BCUT2D eigenvalue weighted by Gasteiger charge is -2.35. The normalized spacial score (nSPS) is 23.3. The molecule has 0 aliphatic carbocycles. The summed E-state index contributed by atoms with van der Waals surface area (Å²) in [6.45, 7) is 7.11. The zero-order valence-electron chi connectivity index (χ0n) is 11.4. The summed E-state index contributed by atoms with van der Waals surface area (Å²) in [7, 11) is -3.88. The van der Waals surface area contributed by atoms with Crippen molar-refractivity contribution < 1.29 is 17.9 Å². The Bertz CT molecular complexity index is 621. The fourth-order valence-electron chi connectivity index (χ4n) is 2.14. The summed E-state index contributed by atoms with van der Waals surface area (Å²) < 4.78 is 30.9. The van der Waals surface area contributed by atoms with Gasteiger partial charge in [-0.3, -0.25) is 0 Å². The van der Waals surface area contributed by atoms with E-state index in [2.05, 4.69) is 6.58 Å². The summed E-state index contributed by atoms with van der Waals surface area (Å²) in [6.07, 6.45) is 0.612. The monoisotopic (exact) mass is 295 g/mol. The van der Waals surface area contributed by atoms with Crippen LogP contribution in [0, 0.1) is 6.92 Å². The van der Waals surface area contributed by atoms with E-state index in [-0.39, 0.29) is 4.90 Å². The van der Waals surface area contributed by atoms with Crippen molar-refractivity contribution in [2.45, 2.75) is 37.3 Å². The molecule has 0 saturated carbocycles. The lowest BCUT2D eigenvalue weighted by Crippen LogP contribution is -2.50. The predicted octanol–water partition coefficient (Wildman–Crippen LogP) is 2.47. The highest BCUT2D eigenvalue weighted by Crippen LogP contribution is 2.26. The van der Waals surface area contributed by atoms with Crippen molar-refractivity contribution in [3.8, 4) is 0 Å². The highest BCUT2D eigenvalue weighted by atomic mass is 32.2. The van der Waals surface area contributed by atoms with Gasteiger partial charge in [-0.25, -0.2) is 13.2 Å². The van der Waals surface area contributed by atoms with E-state index in [1.54, 1.807) is 19.1 Å². The van der Waals surface area contributed by atoms with Gasteiger partial charge in [-0.05, 0) is 26.0 Å². The van der Waals surface area contributed by atoms with Gasteiger partial charge in [-0.2, -0.15) is 4.31 Å². The Morgan fingerprint density at radius 3 is 2.45 bits per heavy atom. The maximum atomic E-state index is 12.5. The number of cyclic esters (lactones) is 1. The van der Waals surface area contributed by atoms with E-state index in [0.29, 0.717) is 6.42 Å². The van der Waals surface area contributed by atoms with Crippen LogP contribution in [0.4, 0.5) is 4.79 Å². The van der Waals surface area contributed by atoms with E-state index < -0.39 is 28.3 Å². The van der Waals surface area contributed by atoms with Crippen molar-refractivity contribution in [3.63, 3.8) is 0 Å². The molecule has 2 atom stereocenters. The number of carbonyl (C=O) groups excluding carboxylic acids is 1. The molecule has 2 rings (SSSR count). The van der Waals surface area contributed by atoms with Crippen LogP contribution in [-0.4, -0.2) is 31.0 Å². The predicted molar refractivity (Wildman–Crippen MR) is 74.7 cm³/mol. The summed E-state index contributed by atoms with van der Waals surface area (Å²) >= 11 is 0. The van der Waals surface area contributed by atoms with Gasteiger partial charge < -0.3 is 4.74 Å². The molecular formula is C14H17NO4S. The van der Waals surface area contributed by atoms with Gasteiger partial charge in [0.1, 0.15) is 6.10 Å². The van der Waals surface area contributed by atoms with E-state index in [4.69, 9.17) is 4.74 Å². The average molecular weight is 295 g/mol. The molecule has 1 saturated heterocycles. The van der Waals surface area contributed by atoms with Crippen LogP contribution in [0.3, 0.4) is 0 Å². The molecule has 108 valence electrons. The molecule has 1 aromatic carbocycles. The number of sulfonamides is 1. The molecule has 0 bridgehead atoms. The third-order valence-electron chi connectivity index (χ3n) is 3.25. The summed E-state index contributed by atoms with van der Waals surface area (Å²) in [6, 6.07) is 5.90. The van der Waals surface area contributed by atoms with Crippen LogP contribution in [0.25, 0.3) is 0 Å². The van der Waals surface area contributed by atoms with Gasteiger partial charge >= 0.3 is 6.09 Å². The molecule has 6 heteroatoms. The molecule has 0 spiro atoms. The Labute approximate surface area is 118 Å². The van der Waals surface area contributed by atoms with Gasteiger partial charge in [0.25, 0.3) is 10.0 Å². The molecule has 0 N–H and O–H groups in total. The van der Waals surface area contributed by atoms with Crippen LogP contribution in [0.1, 0.15) is 18.9 Å². The SMILES string of the molecule is C=C[C@H]1C[C@@H](C)N(S(=O)(=O)c2ccc(C)cc2)C(=O)O1. The number of nitrogens with zero attached hydrogens (tertiary/aromatic N) is 1. The number of ether oxygens (including phenoxy) is 1. The molecular weight excluding hydrogens is 278 g/mol. The maximum Gasteiger partial charge on any atom is 0.424 e. The maximum absolute atomic E-state index is 12.5. The average Bonchev–Trinajstić information content (AvgIpc) is 2.37. The van der Waals surface area contributed by atoms with E-state index in [1.807, 2.05) is 6.92 Å². The third kappa shape index (κ3) is 2.56. The molecule has 1 aliphatic rings. The fourth-order valence-corrected chi connectivity index (χ4v) is 3.65. The zero-order valence-corrected chi connectivity index (χ0v) is 12.3. The Hall–Kier alpha value is -1.82. The molecule has 1 aliphatic heterocycles. The van der Waals surface area contributed by atoms with Crippen molar-refractivity contribution in [2.75, 3.05) is 0 Å². The van der Waals surface area contributed by atoms with Crippen LogP contribution >= 0.6 is 0 Å². The fraction of sp³-hybridized carbons (Fsp3) is 0.357.